The molecular formula is C19H22Cl2N2O. The lowest BCUT2D eigenvalue weighted by atomic mass is 10.1. The Balaban J connectivity index is 1.68. The molecule has 0 aromatic heterocycles. The van der Waals surface area contributed by atoms with Crippen LogP contribution in [0.15, 0.2) is 36.4 Å². The summed E-state index contributed by atoms with van der Waals surface area (Å²) in [5, 5.41) is 7.50. The minimum absolute atomic E-state index is 0.00952. The summed E-state index contributed by atoms with van der Waals surface area (Å²) in [4.78, 5) is 11.9. The van der Waals surface area contributed by atoms with Crippen molar-refractivity contribution in [2.45, 2.75) is 26.7 Å². The molecule has 24 heavy (non-hydrogen) atoms. The van der Waals surface area contributed by atoms with Crippen LogP contribution >= 0.6 is 23.2 Å². The van der Waals surface area contributed by atoms with Crippen LogP contribution in [0.5, 0.6) is 0 Å². The summed E-state index contributed by atoms with van der Waals surface area (Å²) in [6, 6.07) is 11.4. The SMILES string of the molecule is Cc1ccc(NC(=O)CCNCCc2ccc(Cl)cc2Cl)cc1C. The molecule has 0 aliphatic carbocycles. The first-order valence-electron chi connectivity index (χ1n) is 7.97. The number of nitrogens with one attached hydrogen (secondary N) is 2. The number of carbonyl (C=O) groups is 1. The minimum atomic E-state index is 0.00952. The Kier molecular flexibility index (Phi) is 7.10. The second-order valence-electron chi connectivity index (χ2n) is 5.83. The zero-order valence-corrected chi connectivity index (χ0v) is 15.5. The summed E-state index contributed by atoms with van der Waals surface area (Å²) in [7, 11) is 0. The molecule has 2 aromatic rings. The van der Waals surface area contributed by atoms with Gasteiger partial charge < -0.3 is 10.6 Å². The molecule has 2 aromatic carbocycles. The van der Waals surface area contributed by atoms with Gasteiger partial charge in [-0.25, -0.2) is 0 Å². The van der Waals surface area contributed by atoms with E-state index in [1.807, 2.05) is 37.3 Å². The van der Waals surface area contributed by atoms with Gasteiger partial charge in [-0.05, 0) is 67.8 Å². The lowest BCUT2D eigenvalue weighted by Crippen LogP contribution is -2.23. The van der Waals surface area contributed by atoms with Crippen LogP contribution < -0.4 is 10.6 Å². The molecule has 0 bridgehead atoms. The van der Waals surface area contributed by atoms with Crippen LogP contribution in [-0.4, -0.2) is 19.0 Å². The fourth-order valence-electron chi connectivity index (χ4n) is 2.32. The lowest BCUT2D eigenvalue weighted by molar-refractivity contribution is -0.116. The van der Waals surface area contributed by atoms with Crippen molar-refractivity contribution < 1.29 is 4.79 Å². The second-order valence-corrected chi connectivity index (χ2v) is 6.68. The van der Waals surface area contributed by atoms with Gasteiger partial charge >= 0.3 is 0 Å². The Morgan fingerprint density at radius 1 is 1.00 bits per heavy atom. The highest BCUT2D eigenvalue weighted by Gasteiger charge is 2.04. The molecule has 128 valence electrons. The largest absolute Gasteiger partial charge is 0.326 e. The van der Waals surface area contributed by atoms with E-state index in [4.69, 9.17) is 23.2 Å². The number of halogens is 2. The molecule has 0 atom stereocenters. The molecule has 0 unspecified atom stereocenters. The van der Waals surface area contributed by atoms with Crippen LogP contribution in [0.3, 0.4) is 0 Å². The summed E-state index contributed by atoms with van der Waals surface area (Å²) in [5.74, 6) is 0.00952. The van der Waals surface area contributed by atoms with E-state index in [2.05, 4.69) is 17.6 Å². The minimum Gasteiger partial charge on any atom is -0.326 e. The molecule has 0 aliphatic heterocycles. The van der Waals surface area contributed by atoms with Crippen LogP contribution in [0, 0.1) is 13.8 Å². The van der Waals surface area contributed by atoms with Crippen molar-refractivity contribution in [1.82, 2.24) is 5.32 Å². The zero-order valence-electron chi connectivity index (χ0n) is 14.0. The highest BCUT2D eigenvalue weighted by molar-refractivity contribution is 6.35. The van der Waals surface area contributed by atoms with Crippen molar-refractivity contribution in [3.63, 3.8) is 0 Å². The van der Waals surface area contributed by atoms with Crippen LogP contribution in [0.25, 0.3) is 0 Å². The molecule has 0 fully saturated rings. The van der Waals surface area contributed by atoms with Crippen molar-refractivity contribution in [2.24, 2.45) is 0 Å². The van der Waals surface area contributed by atoms with E-state index in [9.17, 15) is 4.79 Å². The van der Waals surface area contributed by atoms with E-state index in [1.54, 1.807) is 6.07 Å². The second kappa shape index (κ2) is 9.07. The number of aryl methyl sites for hydroxylation is 2. The van der Waals surface area contributed by atoms with E-state index >= 15 is 0 Å². The number of hydrogen-bond donors (Lipinski definition) is 2. The third kappa shape index (κ3) is 5.82. The molecule has 0 saturated heterocycles. The Morgan fingerprint density at radius 3 is 2.50 bits per heavy atom. The fraction of sp³-hybridized carbons (Fsp3) is 0.316. The zero-order chi connectivity index (χ0) is 17.5. The fourth-order valence-corrected chi connectivity index (χ4v) is 2.82. The van der Waals surface area contributed by atoms with Crippen LogP contribution in [0.2, 0.25) is 10.0 Å². The van der Waals surface area contributed by atoms with Crippen LogP contribution in [-0.2, 0) is 11.2 Å². The highest BCUT2D eigenvalue weighted by atomic mass is 35.5. The summed E-state index contributed by atoms with van der Waals surface area (Å²) >= 11 is 12.0. The predicted molar refractivity (Wildman–Crippen MR) is 102 cm³/mol. The van der Waals surface area contributed by atoms with Gasteiger partial charge in [0, 0.05) is 28.7 Å². The average Bonchev–Trinajstić information content (AvgIpc) is 2.52. The van der Waals surface area contributed by atoms with Crippen molar-refractivity contribution >= 4 is 34.8 Å². The van der Waals surface area contributed by atoms with Crippen molar-refractivity contribution in [3.05, 3.63) is 63.1 Å². The van der Waals surface area contributed by atoms with E-state index in [0.717, 1.165) is 24.2 Å². The van der Waals surface area contributed by atoms with Gasteiger partial charge in [0.1, 0.15) is 0 Å². The monoisotopic (exact) mass is 364 g/mol. The molecular weight excluding hydrogens is 343 g/mol. The predicted octanol–water partition coefficient (Wildman–Crippen LogP) is 4.77. The normalized spacial score (nSPS) is 10.7. The first-order chi connectivity index (χ1) is 11.5. The van der Waals surface area contributed by atoms with Gasteiger partial charge in [0.15, 0.2) is 0 Å². The topological polar surface area (TPSA) is 41.1 Å². The summed E-state index contributed by atoms with van der Waals surface area (Å²) < 4.78 is 0. The number of carbonyl (C=O) groups excluding carboxylic acids is 1. The van der Waals surface area contributed by atoms with Crippen molar-refractivity contribution in [2.75, 3.05) is 18.4 Å². The molecule has 0 radical (unpaired) electrons. The molecule has 0 aliphatic rings. The van der Waals surface area contributed by atoms with E-state index < -0.39 is 0 Å². The van der Waals surface area contributed by atoms with Gasteiger partial charge in [0.2, 0.25) is 5.91 Å². The smallest absolute Gasteiger partial charge is 0.225 e. The number of anilines is 1. The van der Waals surface area contributed by atoms with E-state index in [0.29, 0.717) is 23.0 Å². The summed E-state index contributed by atoms with van der Waals surface area (Å²) in [6.45, 7) is 5.48. The maximum atomic E-state index is 11.9. The van der Waals surface area contributed by atoms with Gasteiger partial charge in [-0.3, -0.25) is 4.79 Å². The first kappa shape index (κ1) is 18.8. The molecule has 2 rings (SSSR count). The quantitative estimate of drug-likeness (QED) is 0.694. The van der Waals surface area contributed by atoms with Gasteiger partial charge in [-0.15, -0.1) is 0 Å². The Morgan fingerprint density at radius 2 is 1.79 bits per heavy atom. The van der Waals surface area contributed by atoms with Gasteiger partial charge in [0.25, 0.3) is 0 Å². The molecule has 3 nitrogen and oxygen atoms in total. The van der Waals surface area contributed by atoms with Gasteiger partial charge in [0.05, 0.1) is 0 Å². The standard InChI is InChI=1S/C19H22Cl2N2O/c1-13-3-6-17(11-14(13)2)23-19(24)8-10-22-9-7-15-4-5-16(20)12-18(15)21/h3-6,11-12,22H,7-10H2,1-2H3,(H,23,24). The lowest BCUT2D eigenvalue weighted by Gasteiger charge is -2.09. The van der Waals surface area contributed by atoms with E-state index in [-0.39, 0.29) is 5.91 Å². The number of rotatable bonds is 7. The Labute approximate surface area is 153 Å². The maximum Gasteiger partial charge on any atom is 0.225 e. The van der Waals surface area contributed by atoms with Gasteiger partial charge in [-0.2, -0.15) is 0 Å². The maximum absolute atomic E-state index is 11.9. The first-order valence-corrected chi connectivity index (χ1v) is 8.73. The molecule has 5 heteroatoms. The highest BCUT2D eigenvalue weighted by Crippen LogP contribution is 2.21. The van der Waals surface area contributed by atoms with Crippen LogP contribution in [0.4, 0.5) is 5.69 Å². The number of amides is 1. The Hall–Kier alpha value is -1.55. The van der Waals surface area contributed by atoms with Crippen molar-refractivity contribution in [3.8, 4) is 0 Å². The van der Waals surface area contributed by atoms with Crippen molar-refractivity contribution in [1.29, 1.82) is 0 Å². The summed E-state index contributed by atoms with van der Waals surface area (Å²) in [5.41, 5.74) is 4.28. The summed E-state index contributed by atoms with van der Waals surface area (Å²) in [6.07, 6.45) is 1.23. The average molecular weight is 365 g/mol. The number of benzene rings is 2. The van der Waals surface area contributed by atoms with E-state index in [1.165, 1.54) is 11.1 Å². The molecule has 1 amide bonds. The third-order valence-electron chi connectivity index (χ3n) is 3.91. The molecule has 2 N–H and O–H groups in total. The molecule has 0 saturated carbocycles. The number of hydrogen-bond acceptors (Lipinski definition) is 2. The third-order valence-corrected chi connectivity index (χ3v) is 4.49. The Bertz CT molecular complexity index is 717. The molecule has 0 spiro atoms. The van der Waals surface area contributed by atoms with Crippen LogP contribution in [0.1, 0.15) is 23.1 Å². The van der Waals surface area contributed by atoms with Gasteiger partial charge in [-0.1, -0.05) is 35.3 Å². The molecule has 0 heterocycles.